The summed E-state index contributed by atoms with van der Waals surface area (Å²) in [7, 11) is 0. The number of likely N-dealkylation sites (tertiary alicyclic amines) is 1. The molecule has 0 aliphatic carbocycles. The van der Waals surface area contributed by atoms with Gasteiger partial charge in [-0.1, -0.05) is 42.5 Å². The van der Waals surface area contributed by atoms with Crippen molar-refractivity contribution in [2.75, 3.05) is 13.1 Å². The minimum atomic E-state index is -4.46. The summed E-state index contributed by atoms with van der Waals surface area (Å²) in [5.74, 6) is -1.74. The van der Waals surface area contributed by atoms with Crippen LogP contribution in [0.5, 0.6) is 0 Å². The van der Waals surface area contributed by atoms with E-state index in [2.05, 4.69) is 5.32 Å². The highest BCUT2D eigenvalue weighted by Crippen LogP contribution is 2.32. The minimum absolute atomic E-state index is 0.0544. The summed E-state index contributed by atoms with van der Waals surface area (Å²) < 4.78 is 52.3. The van der Waals surface area contributed by atoms with Crippen molar-refractivity contribution in [1.82, 2.24) is 10.2 Å². The van der Waals surface area contributed by atoms with E-state index in [4.69, 9.17) is 0 Å². The van der Waals surface area contributed by atoms with Crippen LogP contribution < -0.4 is 5.32 Å². The van der Waals surface area contributed by atoms with E-state index in [9.17, 15) is 27.2 Å². The fraction of sp³-hybridized carbons (Fsp3) is 0.259. The summed E-state index contributed by atoms with van der Waals surface area (Å²) in [6.45, 7) is 0.507. The van der Waals surface area contributed by atoms with Crippen LogP contribution in [0.1, 0.15) is 39.4 Å². The first-order chi connectivity index (χ1) is 16.7. The van der Waals surface area contributed by atoms with E-state index in [-0.39, 0.29) is 30.8 Å². The molecule has 0 bridgehead atoms. The largest absolute Gasteiger partial charge is 0.416 e. The lowest BCUT2D eigenvalue weighted by Gasteiger charge is -2.37. The highest BCUT2D eigenvalue weighted by molar-refractivity contribution is 5.94. The molecule has 182 valence electrons. The second kappa shape index (κ2) is 10.3. The number of piperidine rings is 1. The van der Waals surface area contributed by atoms with Gasteiger partial charge in [-0.05, 0) is 53.9 Å². The molecule has 1 aliphatic rings. The Balaban J connectivity index is 1.50. The van der Waals surface area contributed by atoms with E-state index in [1.165, 1.54) is 36.4 Å². The molecular formula is C27H24F4N2O2. The van der Waals surface area contributed by atoms with E-state index >= 15 is 0 Å². The molecule has 1 heterocycles. The molecule has 3 aromatic carbocycles. The Morgan fingerprint density at radius 1 is 0.914 bits per heavy atom. The molecule has 2 amide bonds. The maximum absolute atomic E-state index is 13.3. The molecule has 1 N–H and O–H groups in total. The van der Waals surface area contributed by atoms with Crippen LogP contribution in [-0.2, 0) is 17.5 Å². The third kappa shape index (κ3) is 6.07. The average Bonchev–Trinajstić information content (AvgIpc) is 2.87. The first-order valence-electron chi connectivity index (χ1n) is 11.2. The molecule has 35 heavy (non-hydrogen) atoms. The van der Waals surface area contributed by atoms with Gasteiger partial charge in [-0.2, -0.15) is 13.2 Å². The number of hydrogen-bond donors (Lipinski definition) is 1. The van der Waals surface area contributed by atoms with Crippen molar-refractivity contribution >= 4 is 11.8 Å². The Hall–Kier alpha value is -3.68. The van der Waals surface area contributed by atoms with Gasteiger partial charge in [0, 0.05) is 31.1 Å². The Morgan fingerprint density at radius 2 is 1.63 bits per heavy atom. The number of nitrogens with one attached hydrogen (secondary N) is 1. The third-order valence-electron chi connectivity index (χ3n) is 6.19. The van der Waals surface area contributed by atoms with Gasteiger partial charge in [-0.3, -0.25) is 9.59 Å². The van der Waals surface area contributed by atoms with E-state index in [1.807, 2.05) is 30.3 Å². The second-order valence-electron chi connectivity index (χ2n) is 8.67. The maximum Gasteiger partial charge on any atom is 0.416 e. The number of carbonyl (C=O) groups is 2. The molecule has 0 unspecified atom stereocenters. The van der Waals surface area contributed by atoms with Gasteiger partial charge in [0.15, 0.2) is 0 Å². The predicted molar refractivity (Wildman–Crippen MR) is 123 cm³/mol. The van der Waals surface area contributed by atoms with Crippen LogP contribution in [-0.4, -0.2) is 29.8 Å². The number of alkyl halides is 3. The molecular weight excluding hydrogens is 460 g/mol. The van der Waals surface area contributed by atoms with Crippen LogP contribution in [0, 0.1) is 11.7 Å². The van der Waals surface area contributed by atoms with Gasteiger partial charge >= 0.3 is 6.18 Å². The smallest absolute Gasteiger partial charge is 0.352 e. The molecule has 8 heteroatoms. The number of halogens is 4. The Morgan fingerprint density at radius 3 is 2.31 bits per heavy atom. The lowest BCUT2D eigenvalue weighted by Crippen LogP contribution is -2.48. The monoisotopic (exact) mass is 484 g/mol. The van der Waals surface area contributed by atoms with Crippen LogP contribution in [0.4, 0.5) is 17.6 Å². The summed E-state index contributed by atoms with van der Waals surface area (Å²) in [4.78, 5) is 27.8. The van der Waals surface area contributed by atoms with Crippen molar-refractivity contribution < 1.29 is 27.2 Å². The van der Waals surface area contributed by atoms with Gasteiger partial charge in [-0.15, -0.1) is 0 Å². The molecule has 0 spiro atoms. The normalized spacial score (nSPS) is 18.2. The molecule has 1 fully saturated rings. The standard InChI is InChI=1S/C27H24F4N2O2/c28-24-11-9-20(10-12-24)26(35)33-16-21(19-6-2-1-3-7-19)14-22(17-33)25(34)32-15-18-5-4-8-23(13-18)27(29,30)31/h1-13,21-22H,14-17H2,(H,32,34)/t21-,22-/m1/s1. The fourth-order valence-corrected chi connectivity index (χ4v) is 4.39. The van der Waals surface area contributed by atoms with Crippen LogP contribution in [0.2, 0.25) is 0 Å². The molecule has 1 aliphatic heterocycles. The van der Waals surface area contributed by atoms with Crippen LogP contribution in [0.3, 0.4) is 0 Å². The maximum atomic E-state index is 13.3. The quantitative estimate of drug-likeness (QED) is 0.493. The highest BCUT2D eigenvalue weighted by Gasteiger charge is 2.35. The van der Waals surface area contributed by atoms with Crippen molar-refractivity contribution in [3.8, 4) is 0 Å². The molecule has 4 rings (SSSR count). The molecule has 1 saturated heterocycles. The zero-order valence-corrected chi connectivity index (χ0v) is 18.8. The number of rotatable bonds is 5. The first-order valence-corrected chi connectivity index (χ1v) is 11.2. The molecule has 0 radical (unpaired) electrons. The van der Waals surface area contributed by atoms with Crippen LogP contribution >= 0.6 is 0 Å². The van der Waals surface area contributed by atoms with E-state index in [1.54, 1.807) is 4.90 Å². The third-order valence-corrected chi connectivity index (χ3v) is 6.19. The van der Waals surface area contributed by atoms with Crippen molar-refractivity contribution in [1.29, 1.82) is 0 Å². The van der Waals surface area contributed by atoms with Gasteiger partial charge in [0.05, 0.1) is 11.5 Å². The highest BCUT2D eigenvalue weighted by atomic mass is 19.4. The van der Waals surface area contributed by atoms with Gasteiger partial charge < -0.3 is 10.2 Å². The Bertz CT molecular complexity index is 1180. The molecule has 0 saturated carbocycles. The molecule has 0 aromatic heterocycles. The lowest BCUT2D eigenvalue weighted by molar-refractivity contribution is -0.137. The molecule has 2 atom stereocenters. The number of benzene rings is 3. The Labute approximate surface area is 200 Å². The van der Waals surface area contributed by atoms with Gasteiger partial charge in [0.1, 0.15) is 5.82 Å². The number of nitrogens with zero attached hydrogens (tertiary/aromatic N) is 1. The summed E-state index contributed by atoms with van der Waals surface area (Å²) >= 11 is 0. The second-order valence-corrected chi connectivity index (χ2v) is 8.67. The van der Waals surface area contributed by atoms with Crippen molar-refractivity contribution in [2.45, 2.75) is 25.1 Å². The van der Waals surface area contributed by atoms with E-state index < -0.39 is 23.5 Å². The zero-order valence-electron chi connectivity index (χ0n) is 18.8. The molecule has 3 aromatic rings. The van der Waals surface area contributed by atoms with Crippen LogP contribution in [0.15, 0.2) is 78.9 Å². The molecule has 4 nitrogen and oxygen atoms in total. The number of amides is 2. The summed E-state index contributed by atoms with van der Waals surface area (Å²) in [6.07, 6.45) is -3.97. The van der Waals surface area contributed by atoms with Crippen molar-refractivity contribution in [3.05, 3.63) is 107 Å². The predicted octanol–water partition coefficient (Wildman–Crippen LogP) is 5.41. The van der Waals surface area contributed by atoms with Crippen molar-refractivity contribution in [2.24, 2.45) is 5.92 Å². The van der Waals surface area contributed by atoms with E-state index in [0.29, 0.717) is 24.1 Å². The number of hydrogen-bond acceptors (Lipinski definition) is 2. The lowest BCUT2D eigenvalue weighted by atomic mass is 9.83. The summed E-state index contributed by atoms with van der Waals surface area (Å²) in [5, 5.41) is 2.73. The fourth-order valence-electron chi connectivity index (χ4n) is 4.39. The first kappa shape index (κ1) is 24.4. The Kier molecular flexibility index (Phi) is 7.19. The van der Waals surface area contributed by atoms with Gasteiger partial charge in [-0.25, -0.2) is 4.39 Å². The SMILES string of the molecule is O=C(NCc1cccc(C(F)(F)F)c1)[C@@H]1C[C@@H](c2ccccc2)CN(C(=O)c2ccc(F)cc2)C1. The van der Waals surface area contributed by atoms with Gasteiger partial charge in [0.2, 0.25) is 5.91 Å². The summed E-state index contributed by atoms with van der Waals surface area (Å²) in [6, 6.07) is 19.6. The number of carbonyl (C=O) groups excluding carboxylic acids is 2. The zero-order chi connectivity index (χ0) is 25.0. The van der Waals surface area contributed by atoms with Crippen molar-refractivity contribution in [3.63, 3.8) is 0 Å². The van der Waals surface area contributed by atoms with Gasteiger partial charge in [0.25, 0.3) is 5.91 Å². The van der Waals surface area contributed by atoms with E-state index in [0.717, 1.165) is 17.7 Å². The average molecular weight is 484 g/mol. The van der Waals surface area contributed by atoms with Crippen LogP contribution in [0.25, 0.3) is 0 Å². The summed E-state index contributed by atoms with van der Waals surface area (Å²) in [5.41, 5.74) is 0.869. The minimum Gasteiger partial charge on any atom is -0.352 e. The topological polar surface area (TPSA) is 49.4 Å².